The van der Waals surface area contributed by atoms with Crippen molar-refractivity contribution in [2.24, 2.45) is 10.9 Å². The maximum Gasteiger partial charge on any atom is 0.186 e. The van der Waals surface area contributed by atoms with Gasteiger partial charge in [-0.3, -0.25) is 0 Å². The van der Waals surface area contributed by atoms with Crippen molar-refractivity contribution >= 4 is 23.1 Å². The van der Waals surface area contributed by atoms with E-state index >= 15 is 0 Å². The summed E-state index contributed by atoms with van der Waals surface area (Å²) >= 11 is 4.43. The third-order valence-electron chi connectivity index (χ3n) is 5.50. The van der Waals surface area contributed by atoms with E-state index in [-0.39, 0.29) is 11.3 Å². The molecule has 0 aliphatic heterocycles. The van der Waals surface area contributed by atoms with Gasteiger partial charge in [0.25, 0.3) is 0 Å². The number of rotatable bonds is 4. The van der Waals surface area contributed by atoms with Crippen LogP contribution in [0, 0.1) is 29.4 Å². The van der Waals surface area contributed by atoms with Crippen molar-refractivity contribution in [3.05, 3.63) is 64.7 Å². The van der Waals surface area contributed by atoms with Crippen LogP contribution in [0.5, 0.6) is 0 Å². The first-order valence-electron chi connectivity index (χ1n) is 9.80. The molecule has 1 aliphatic carbocycles. The number of halogens is 2. The molecule has 0 N–H and O–H groups in total. The van der Waals surface area contributed by atoms with Crippen molar-refractivity contribution < 1.29 is 8.78 Å². The molecule has 1 nitrogen and oxygen atoms in total. The second kappa shape index (κ2) is 9.73. The smallest absolute Gasteiger partial charge is 0.186 e. The summed E-state index contributed by atoms with van der Waals surface area (Å²) in [6, 6.07) is 10.9. The Morgan fingerprint density at radius 1 is 0.964 bits per heavy atom. The topological polar surface area (TPSA) is 12.4 Å². The lowest BCUT2D eigenvalue weighted by atomic mass is 9.77. The first kappa shape index (κ1) is 20.4. The lowest BCUT2D eigenvalue weighted by molar-refractivity contribution is 0.308. The third kappa shape index (κ3) is 4.93. The van der Waals surface area contributed by atoms with Crippen LogP contribution in [-0.2, 0) is 0 Å². The molecule has 1 aliphatic rings. The molecule has 0 amide bonds. The molecule has 28 heavy (non-hydrogen) atoms. The zero-order valence-corrected chi connectivity index (χ0v) is 16.8. The third-order valence-corrected chi connectivity index (χ3v) is 5.59. The molecule has 1 fully saturated rings. The van der Waals surface area contributed by atoms with Crippen molar-refractivity contribution in [3.63, 3.8) is 0 Å². The molecule has 2 aromatic carbocycles. The molecule has 0 aromatic heterocycles. The van der Waals surface area contributed by atoms with Crippen LogP contribution >= 0.6 is 12.2 Å². The van der Waals surface area contributed by atoms with Crippen LogP contribution < -0.4 is 0 Å². The molecule has 0 radical (unpaired) electrons. The van der Waals surface area contributed by atoms with E-state index in [4.69, 9.17) is 0 Å². The number of nitrogens with zero attached hydrogens (tertiary/aromatic N) is 1. The van der Waals surface area contributed by atoms with Crippen LogP contribution in [0.2, 0.25) is 0 Å². The second-order valence-electron chi connectivity index (χ2n) is 7.34. The highest BCUT2D eigenvalue weighted by molar-refractivity contribution is 7.78. The molecule has 3 rings (SSSR count). The van der Waals surface area contributed by atoms with Crippen molar-refractivity contribution in [2.75, 3.05) is 0 Å². The molecule has 0 saturated heterocycles. The van der Waals surface area contributed by atoms with E-state index in [1.54, 1.807) is 0 Å². The monoisotopic (exact) mass is 395 g/mol. The maximum absolute atomic E-state index is 14.1. The van der Waals surface area contributed by atoms with Gasteiger partial charge in [-0.1, -0.05) is 43.7 Å². The normalized spacial score (nSPS) is 18.7. The highest BCUT2D eigenvalue weighted by atomic mass is 32.1. The van der Waals surface area contributed by atoms with E-state index in [0.29, 0.717) is 5.92 Å². The van der Waals surface area contributed by atoms with Crippen LogP contribution in [0.1, 0.15) is 68.1 Å². The summed E-state index contributed by atoms with van der Waals surface area (Å²) in [5.41, 5.74) is 1.96. The lowest BCUT2D eigenvalue weighted by Crippen LogP contribution is -2.13. The Labute approximate surface area is 170 Å². The van der Waals surface area contributed by atoms with Gasteiger partial charge in [-0.2, -0.15) is 4.99 Å². The molecule has 0 atom stereocenters. The number of thiocarbonyl (C=S) groups is 1. The fourth-order valence-electron chi connectivity index (χ4n) is 3.94. The first-order valence-corrected chi connectivity index (χ1v) is 10.2. The van der Waals surface area contributed by atoms with E-state index in [9.17, 15) is 8.78 Å². The Morgan fingerprint density at radius 2 is 1.68 bits per heavy atom. The fourth-order valence-corrected chi connectivity index (χ4v) is 4.04. The van der Waals surface area contributed by atoms with Gasteiger partial charge >= 0.3 is 0 Å². The second-order valence-corrected chi connectivity index (χ2v) is 7.52. The summed E-state index contributed by atoms with van der Waals surface area (Å²) in [7, 11) is 0. The number of isothiocyanates is 1. The summed E-state index contributed by atoms with van der Waals surface area (Å²) in [5, 5.41) is 2.04. The standard InChI is InChI=1S/C24H23F2NS/c1-2-3-17-4-9-19(10-5-17)20-11-6-18(7-12-20)8-13-21-14-15-22(27-16-28)24(26)23(21)25/h6-7,11-12,14-15,17,19H,2-5,9-10H2,1H3. The molecule has 144 valence electrons. The number of aliphatic imine (C=N–C) groups is 1. The highest BCUT2D eigenvalue weighted by Crippen LogP contribution is 2.37. The van der Waals surface area contributed by atoms with E-state index in [2.05, 4.69) is 48.1 Å². The van der Waals surface area contributed by atoms with Crippen LogP contribution in [-0.4, -0.2) is 5.16 Å². The van der Waals surface area contributed by atoms with Gasteiger partial charge in [-0.05, 0) is 79.6 Å². The Balaban J connectivity index is 1.69. The first-order chi connectivity index (χ1) is 13.6. The molecule has 0 unspecified atom stereocenters. The quantitative estimate of drug-likeness (QED) is 0.304. The van der Waals surface area contributed by atoms with Crippen LogP contribution in [0.3, 0.4) is 0 Å². The molecule has 0 bridgehead atoms. The maximum atomic E-state index is 14.1. The lowest BCUT2D eigenvalue weighted by Gasteiger charge is -2.28. The average molecular weight is 396 g/mol. The van der Waals surface area contributed by atoms with Gasteiger partial charge in [0.05, 0.1) is 10.7 Å². The number of hydrogen-bond donors (Lipinski definition) is 0. The Kier molecular flexibility index (Phi) is 7.09. The minimum atomic E-state index is -1.06. The van der Waals surface area contributed by atoms with E-state index in [0.717, 1.165) is 11.5 Å². The van der Waals surface area contributed by atoms with Crippen molar-refractivity contribution in [3.8, 4) is 11.8 Å². The number of benzene rings is 2. The van der Waals surface area contributed by atoms with Gasteiger partial charge < -0.3 is 0 Å². The zero-order valence-electron chi connectivity index (χ0n) is 16.0. The molecule has 2 aromatic rings. The van der Waals surface area contributed by atoms with Gasteiger partial charge in [0.15, 0.2) is 11.6 Å². The number of hydrogen-bond acceptors (Lipinski definition) is 2. The molecule has 1 saturated carbocycles. The van der Waals surface area contributed by atoms with E-state index in [1.807, 2.05) is 17.3 Å². The SMILES string of the molecule is CCCC1CCC(c2ccc(C#Cc3ccc(N=C=S)c(F)c3F)cc2)CC1. The van der Waals surface area contributed by atoms with Gasteiger partial charge in [-0.15, -0.1) is 0 Å². The molecular weight excluding hydrogens is 372 g/mol. The molecule has 0 heterocycles. The Morgan fingerprint density at radius 3 is 2.32 bits per heavy atom. The Hall–Kier alpha value is -2.34. The molecule has 0 spiro atoms. The van der Waals surface area contributed by atoms with Crippen LogP contribution in [0.15, 0.2) is 41.4 Å². The summed E-state index contributed by atoms with van der Waals surface area (Å²) < 4.78 is 28.0. The molecule has 4 heteroatoms. The van der Waals surface area contributed by atoms with Crippen molar-refractivity contribution in [1.82, 2.24) is 0 Å². The van der Waals surface area contributed by atoms with E-state index < -0.39 is 11.6 Å². The van der Waals surface area contributed by atoms with Gasteiger partial charge in [0, 0.05) is 5.56 Å². The minimum Gasteiger partial charge on any atom is -0.202 e. The predicted molar refractivity (Wildman–Crippen MR) is 113 cm³/mol. The summed E-state index contributed by atoms with van der Waals surface area (Å²) in [6.45, 7) is 2.26. The van der Waals surface area contributed by atoms with Gasteiger partial charge in [0.1, 0.15) is 5.69 Å². The Bertz CT molecular complexity index is 926. The average Bonchev–Trinajstić information content (AvgIpc) is 2.72. The van der Waals surface area contributed by atoms with Gasteiger partial charge in [-0.25, -0.2) is 8.78 Å². The van der Waals surface area contributed by atoms with Crippen LogP contribution in [0.25, 0.3) is 0 Å². The van der Waals surface area contributed by atoms with Crippen LogP contribution in [0.4, 0.5) is 14.5 Å². The van der Waals surface area contributed by atoms with Crippen molar-refractivity contribution in [2.45, 2.75) is 51.4 Å². The predicted octanol–water partition coefficient (Wildman–Crippen LogP) is 7.17. The summed E-state index contributed by atoms with van der Waals surface area (Å²) in [6.07, 6.45) is 7.74. The van der Waals surface area contributed by atoms with Crippen molar-refractivity contribution in [1.29, 1.82) is 0 Å². The zero-order chi connectivity index (χ0) is 19.9. The fraction of sp³-hybridized carbons (Fsp3) is 0.375. The summed E-state index contributed by atoms with van der Waals surface area (Å²) in [5.74, 6) is 5.06. The largest absolute Gasteiger partial charge is 0.202 e. The van der Waals surface area contributed by atoms with E-state index in [1.165, 1.54) is 56.2 Å². The van der Waals surface area contributed by atoms with Gasteiger partial charge in [0.2, 0.25) is 0 Å². The molecular formula is C24H23F2NS. The highest BCUT2D eigenvalue weighted by Gasteiger charge is 2.21. The summed E-state index contributed by atoms with van der Waals surface area (Å²) in [4.78, 5) is 3.50. The minimum absolute atomic E-state index is 0.000795.